The number of ether oxygens (including phenoxy) is 1. The lowest BCUT2D eigenvalue weighted by Gasteiger charge is -2.12. The predicted molar refractivity (Wildman–Crippen MR) is 65.5 cm³/mol. The molecule has 1 aliphatic carbocycles. The Hall–Kier alpha value is -1.80. The molecule has 0 radical (unpaired) electrons. The number of nitro benzene ring substituents is 1. The first-order chi connectivity index (χ1) is 8.56. The minimum Gasteiger partial charge on any atom is -0.493 e. The van der Waals surface area contributed by atoms with Gasteiger partial charge in [0, 0.05) is 24.0 Å². The molecule has 6 heteroatoms. The molecule has 1 fully saturated rings. The number of hydrogen-bond acceptors (Lipinski definition) is 4. The van der Waals surface area contributed by atoms with Gasteiger partial charge < -0.3 is 4.74 Å². The molecule has 2 rings (SSSR count). The first-order valence-electron chi connectivity index (χ1n) is 5.50. The average molecular weight is 267 g/mol. The van der Waals surface area contributed by atoms with Crippen molar-refractivity contribution in [1.82, 2.24) is 0 Å². The van der Waals surface area contributed by atoms with E-state index in [9.17, 15) is 10.1 Å². The first-order valence-corrected chi connectivity index (χ1v) is 5.88. The third-order valence-electron chi connectivity index (χ3n) is 3.07. The van der Waals surface area contributed by atoms with E-state index in [1.54, 1.807) is 0 Å². The SMILES string of the molecule is N#CCC1(COc2ccc([N+](=O)[O-])c(Cl)c2)CC1. The highest BCUT2D eigenvalue weighted by atomic mass is 35.5. The Balaban J connectivity index is 2.01. The van der Waals surface area contributed by atoms with Crippen molar-refractivity contribution in [2.45, 2.75) is 19.3 Å². The molecular weight excluding hydrogens is 256 g/mol. The third kappa shape index (κ3) is 2.71. The number of rotatable bonds is 5. The summed E-state index contributed by atoms with van der Waals surface area (Å²) in [6.45, 7) is 0.453. The van der Waals surface area contributed by atoms with Crippen molar-refractivity contribution in [3.05, 3.63) is 33.3 Å². The van der Waals surface area contributed by atoms with Crippen molar-refractivity contribution in [1.29, 1.82) is 5.26 Å². The van der Waals surface area contributed by atoms with Crippen LogP contribution in [0.1, 0.15) is 19.3 Å². The van der Waals surface area contributed by atoms with Gasteiger partial charge >= 0.3 is 0 Å². The molecule has 0 heterocycles. The summed E-state index contributed by atoms with van der Waals surface area (Å²) in [5.41, 5.74) is -0.162. The number of nitrogens with zero attached hydrogens (tertiary/aromatic N) is 2. The highest BCUT2D eigenvalue weighted by Gasteiger charge is 2.43. The van der Waals surface area contributed by atoms with Gasteiger partial charge in [-0.05, 0) is 18.9 Å². The van der Waals surface area contributed by atoms with Gasteiger partial charge in [-0.15, -0.1) is 0 Å². The molecular formula is C12H11ClN2O3. The van der Waals surface area contributed by atoms with Gasteiger partial charge in [0.2, 0.25) is 0 Å². The van der Waals surface area contributed by atoms with Crippen LogP contribution in [0, 0.1) is 26.9 Å². The van der Waals surface area contributed by atoms with Crippen LogP contribution in [0.5, 0.6) is 5.75 Å². The van der Waals surface area contributed by atoms with Gasteiger partial charge in [0.05, 0.1) is 17.6 Å². The smallest absolute Gasteiger partial charge is 0.288 e. The molecule has 94 valence electrons. The zero-order chi connectivity index (χ0) is 13.2. The van der Waals surface area contributed by atoms with E-state index in [1.807, 2.05) is 0 Å². The monoisotopic (exact) mass is 266 g/mol. The maximum Gasteiger partial charge on any atom is 0.288 e. The average Bonchev–Trinajstić information content (AvgIpc) is 3.07. The fraction of sp³-hybridized carbons (Fsp3) is 0.417. The zero-order valence-electron chi connectivity index (χ0n) is 9.56. The summed E-state index contributed by atoms with van der Waals surface area (Å²) in [5.74, 6) is 0.495. The van der Waals surface area contributed by atoms with Crippen LogP contribution in [0.3, 0.4) is 0 Å². The minimum absolute atomic E-state index is 0.0248. The molecule has 18 heavy (non-hydrogen) atoms. The minimum atomic E-state index is -0.538. The topological polar surface area (TPSA) is 76.2 Å². The van der Waals surface area contributed by atoms with E-state index in [1.165, 1.54) is 18.2 Å². The van der Waals surface area contributed by atoms with Gasteiger partial charge in [-0.3, -0.25) is 10.1 Å². The van der Waals surface area contributed by atoms with Crippen LogP contribution in [0.4, 0.5) is 5.69 Å². The molecule has 0 amide bonds. The maximum absolute atomic E-state index is 10.6. The summed E-state index contributed by atoms with van der Waals surface area (Å²) in [7, 11) is 0. The second kappa shape index (κ2) is 4.83. The first kappa shape index (κ1) is 12.7. The maximum atomic E-state index is 10.6. The molecule has 0 saturated heterocycles. The second-order valence-corrected chi connectivity index (χ2v) is 4.90. The molecule has 1 aromatic carbocycles. The quantitative estimate of drug-likeness (QED) is 0.605. The van der Waals surface area contributed by atoms with Crippen molar-refractivity contribution in [3.8, 4) is 11.8 Å². The molecule has 0 bridgehead atoms. The van der Waals surface area contributed by atoms with E-state index in [0.29, 0.717) is 18.8 Å². The molecule has 0 spiro atoms. The molecule has 0 atom stereocenters. The summed E-state index contributed by atoms with van der Waals surface area (Å²) in [6.07, 6.45) is 2.45. The fourth-order valence-corrected chi connectivity index (χ4v) is 1.92. The van der Waals surface area contributed by atoms with Crippen LogP contribution in [-0.4, -0.2) is 11.5 Å². The summed E-state index contributed by atoms with van der Waals surface area (Å²) >= 11 is 5.78. The molecule has 0 aliphatic heterocycles. The largest absolute Gasteiger partial charge is 0.493 e. The Morgan fingerprint density at radius 2 is 2.28 bits per heavy atom. The highest BCUT2D eigenvalue weighted by Crippen LogP contribution is 2.48. The van der Waals surface area contributed by atoms with E-state index < -0.39 is 4.92 Å². The van der Waals surface area contributed by atoms with Crippen LogP contribution in [0.25, 0.3) is 0 Å². The highest BCUT2D eigenvalue weighted by molar-refractivity contribution is 6.32. The third-order valence-corrected chi connectivity index (χ3v) is 3.37. The van der Waals surface area contributed by atoms with E-state index in [0.717, 1.165) is 12.8 Å². The standard InChI is InChI=1S/C12H11ClN2O3/c13-10-7-9(1-2-11(10)15(16)17)18-8-12(3-4-12)5-6-14/h1-2,7H,3-5,8H2. The van der Waals surface area contributed by atoms with E-state index in [-0.39, 0.29) is 16.1 Å². The van der Waals surface area contributed by atoms with Gasteiger partial charge in [-0.1, -0.05) is 11.6 Å². The Bertz CT molecular complexity index is 521. The van der Waals surface area contributed by atoms with Crippen molar-refractivity contribution >= 4 is 17.3 Å². The number of nitro groups is 1. The summed E-state index contributed by atoms with van der Waals surface area (Å²) in [6, 6.07) is 6.42. The van der Waals surface area contributed by atoms with E-state index in [2.05, 4.69) is 6.07 Å². The van der Waals surface area contributed by atoms with Crippen LogP contribution in [0.2, 0.25) is 5.02 Å². The lowest BCUT2D eigenvalue weighted by molar-refractivity contribution is -0.384. The molecule has 0 aromatic heterocycles. The lowest BCUT2D eigenvalue weighted by Crippen LogP contribution is -2.12. The van der Waals surface area contributed by atoms with Crippen LogP contribution in [0.15, 0.2) is 18.2 Å². The number of halogens is 1. The second-order valence-electron chi connectivity index (χ2n) is 4.49. The van der Waals surface area contributed by atoms with Crippen LogP contribution < -0.4 is 4.74 Å². The van der Waals surface area contributed by atoms with Gasteiger partial charge in [0.1, 0.15) is 10.8 Å². The van der Waals surface area contributed by atoms with Gasteiger partial charge in [0.25, 0.3) is 5.69 Å². The molecule has 1 aliphatic rings. The van der Waals surface area contributed by atoms with E-state index >= 15 is 0 Å². The van der Waals surface area contributed by atoms with E-state index in [4.69, 9.17) is 21.6 Å². The van der Waals surface area contributed by atoms with Crippen LogP contribution in [-0.2, 0) is 0 Å². The van der Waals surface area contributed by atoms with Gasteiger partial charge in [-0.2, -0.15) is 5.26 Å². The fourth-order valence-electron chi connectivity index (χ4n) is 1.68. The Labute approximate surface area is 109 Å². The number of benzene rings is 1. The molecule has 0 unspecified atom stereocenters. The summed E-state index contributed by atoms with van der Waals surface area (Å²) in [5, 5.41) is 19.3. The zero-order valence-corrected chi connectivity index (χ0v) is 10.3. The molecule has 1 aromatic rings. The molecule has 5 nitrogen and oxygen atoms in total. The van der Waals surface area contributed by atoms with Gasteiger partial charge in [0.15, 0.2) is 0 Å². The number of hydrogen-bond donors (Lipinski definition) is 0. The molecule has 1 saturated carbocycles. The summed E-state index contributed by atoms with van der Waals surface area (Å²) in [4.78, 5) is 10.1. The summed E-state index contributed by atoms with van der Waals surface area (Å²) < 4.78 is 5.54. The Kier molecular flexibility index (Phi) is 3.39. The number of nitriles is 1. The Morgan fingerprint density at radius 1 is 1.56 bits per heavy atom. The lowest BCUT2D eigenvalue weighted by atomic mass is 10.1. The van der Waals surface area contributed by atoms with Crippen molar-refractivity contribution in [2.24, 2.45) is 5.41 Å². The van der Waals surface area contributed by atoms with Crippen molar-refractivity contribution in [3.63, 3.8) is 0 Å². The van der Waals surface area contributed by atoms with Crippen molar-refractivity contribution in [2.75, 3.05) is 6.61 Å². The molecule has 0 N–H and O–H groups in total. The predicted octanol–water partition coefficient (Wildman–Crippen LogP) is 3.32. The Morgan fingerprint density at radius 3 is 2.78 bits per heavy atom. The van der Waals surface area contributed by atoms with Gasteiger partial charge in [-0.25, -0.2) is 0 Å². The van der Waals surface area contributed by atoms with Crippen LogP contribution >= 0.6 is 11.6 Å². The van der Waals surface area contributed by atoms with Crippen molar-refractivity contribution < 1.29 is 9.66 Å². The normalized spacial score (nSPS) is 15.8.